The van der Waals surface area contributed by atoms with Crippen LogP contribution >= 0.6 is 23.2 Å². The van der Waals surface area contributed by atoms with Gasteiger partial charge in [0.2, 0.25) is 0 Å². The summed E-state index contributed by atoms with van der Waals surface area (Å²) in [4.78, 5) is 4.24. The summed E-state index contributed by atoms with van der Waals surface area (Å²) in [7, 11) is 0. The van der Waals surface area contributed by atoms with Gasteiger partial charge in [0, 0.05) is 59.5 Å². The number of pyridine rings is 1. The fourth-order valence-electron chi connectivity index (χ4n) is 4.88. The number of benzene rings is 1. The molecule has 0 bridgehead atoms. The van der Waals surface area contributed by atoms with E-state index in [1.165, 1.54) is 12.1 Å². The summed E-state index contributed by atoms with van der Waals surface area (Å²) in [6.07, 6.45) is 5.77. The first kappa shape index (κ1) is 22.4. The fraction of sp³-hybridized carbons (Fsp3) is 0.391. The molecule has 0 radical (unpaired) electrons. The van der Waals surface area contributed by atoms with Crippen LogP contribution in [0.25, 0.3) is 11.1 Å². The average Bonchev–Trinajstić information content (AvgIpc) is 3.46. The minimum absolute atomic E-state index is 0.0191. The van der Waals surface area contributed by atoms with Crippen molar-refractivity contribution in [2.45, 2.75) is 37.6 Å². The molecule has 2 aromatic heterocycles. The SMILES string of the molecule is C[C@@H](Oc1cc(-c2cnn(C3CC4CNCC4(F)C3)c2)cnc1N)c1c(Cl)ccc(F)c1Cl. The largest absolute Gasteiger partial charge is 0.482 e. The van der Waals surface area contributed by atoms with Gasteiger partial charge in [0.15, 0.2) is 11.6 Å². The lowest BCUT2D eigenvalue weighted by Gasteiger charge is -2.19. The van der Waals surface area contributed by atoms with E-state index in [4.69, 9.17) is 33.7 Å². The van der Waals surface area contributed by atoms with E-state index in [0.29, 0.717) is 35.8 Å². The summed E-state index contributed by atoms with van der Waals surface area (Å²) in [5.74, 6) is -0.0672. The van der Waals surface area contributed by atoms with Crippen LogP contribution in [0.3, 0.4) is 0 Å². The summed E-state index contributed by atoms with van der Waals surface area (Å²) < 4.78 is 36.8. The van der Waals surface area contributed by atoms with Crippen LogP contribution < -0.4 is 15.8 Å². The molecule has 10 heteroatoms. The summed E-state index contributed by atoms with van der Waals surface area (Å²) in [5.41, 5.74) is 6.75. The first-order valence-electron chi connectivity index (χ1n) is 10.7. The Bertz CT molecular complexity index is 1210. The van der Waals surface area contributed by atoms with Gasteiger partial charge in [-0.05, 0) is 31.5 Å². The first-order chi connectivity index (χ1) is 15.7. The van der Waals surface area contributed by atoms with Crippen molar-refractivity contribution in [3.05, 3.63) is 58.2 Å². The number of hydrogen-bond donors (Lipinski definition) is 2. The number of nitrogens with two attached hydrogens (primary N) is 1. The number of nitrogens with one attached hydrogen (secondary N) is 1. The summed E-state index contributed by atoms with van der Waals surface area (Å²) in [6.45, 7) is 2.82. The zero-order chi connectivity index (χ0) is 23.3. The topological polar surface area (TPSA) is 78.0 Å². The number of halogens is 4. The molecule has 0 amide bonds. The maximum absolute atomic E-state index is 15.0. The van der Waals surface area contributed by atoms with E-state index in [2.05, 4.69) is 15.4 Å². The van der Waals surface area contributed by atoms with Crippen LogP contribution in [0.5, 0.6) is 5.75 Å². The van der Waals surface area contributed by atoms with Gasteiger partial charge < -0.3 is 15.8 Å². The number of alkyl halides is 1. The van der Waals surface area contributed by atoms with E-state index in [9.17, 15) is 4.39 Å². The first-order valence-corrected chi connectivity index (χ1v) is 11.5. The van der Waals surface area contributed by atoms with E-state index in [0.717, 1.165) is 17.5 Å². The van der Waals surface area contributed by atoms with E-state index in [-0.39, 0.29) is 22.8 Å². The molecular formula is C23H23Cl2F2N5O. The molecule has 1 aromatic carbocycles. The van der Waals surface area contributed by atoms with E-state index >= 15 is 4.39 Å². The standard InChI is InChI=1S/C23H23Cl2F2N5O/c1-12(20-17(24)2-3-18(26)21(20)25)33-19-4-13(7-30-22(19)28)14-8-31-32(10-14)16-5-15-9-29-11-23(15,27)6-16/h2-4,7-8,10,12,15-16,29H,5-6,9,11H2,1H3,(H2,28,30)/t12-,15?,16?,23?/m1/s1. The normalized spacial score (nSPS) is 25.2. The van der Waals surface area contributed by atoms with Crippen molar-refractivity contribution in [2.75, 3.05) is 18.8 Å². The van der Waals surface area contributed by atoms with E-state index in [1.807, 2.05) is 10.9 Å². The van der Waals surface area contributed by atoms with Gasteiger partial charge in [-0.25, -0.2) is 13.8 Å². The van der Waals surface area contributed by atoms with Gasteiger partial charge in [-0.2, -0.15) is 5.10 Å². The zero-order valence-electron chi connectivity index (χ0n) is 17.9. The number of nitrogens with zero attached hydrogens (tertiary/aromatic N) is 3. The predicted molar refractivity (Wildman–Crippen MR) is 124 cm³/mol. The second-order valence-corrected chi connectivity index (χ2v) is 9.57. The van der Waals surface area contributed by atoms with Crippen molar-refractivity contribution in [1.82, 2.24) is 20.1 Å². The maximum Gasteiger partial charge on any atom is 0.166 e. The lowest BCUT2D eigenvalue weighted by atomic mass is 9.97. The monoisotopic (exact) mass is 493 g/mol. The molecular weight excluding hydrogens is 471 g/mol. The molecule has 3 heterocycles. The smallest absolute Gasteiger partial charge is 0.166 e. The Morgan fingerprint density at radius 1 is 1.30 bits per heavy atom. The number of hydrogen-bond acceptors (Lipinski definition) is 5. The number of ether oxygens (including phenoxy) is 1. The third kappa shape index (κ3) is 4.05. The molecule has 3 N–H and O–H groups in total. The molecule has 1 aliphatic heterocycles. The lowest BCUT2D eigenvalue weighted by molar-refractivity contribution is 0.154. The van der Waals surface area contributed by atoms with Crippen LogP contribution in [-0.2, 0) is 0 Å². The number of fused-ring (bicyclic) bond motifs is 1. The highest BCUT2D eigenvalue weighted by atomic mass is 35.5. The molecule has 0 spiro atoms. The molecule has 3 unspecified atom stereocenters. The second kappa shape index (κ2) is 8.42. The molecule has 3 aromatic rings. The van der Waals surface area contributed by atoms with Gasteiger partial charge >= 0.3 is 0 Å². The van der Waals surface area contributed by atoms with Crippen LogP contribution in [-0.4, -0.2) is 33.5 Å². The van der Waals surface area contributed by atoms with Gasteiger partial charge in [0.05, 0.1) is 17.3 Å². The van der Waals surface area contributed by atoms with Gasteiger partial charge in [0.1, 0.15) is 17.6 Å². The molecule has 1 saturated carbocycles. The summed E-state index contributed by atoms with van der Waals surface area (Å²) in [6, 6.07) is 4.39. The highest BCUT2D eigenvalue weighted by molar-refractivity contribution is 6.36. The van der Waals surface area contributed by atoms with Crippen LogP contribution in [0.2, 0.25) is 10.0 Å². The van der Waals surface area contributed by atoms with Gasteiger partial charge in [-0.1, -0.05) is 23.2 Å². The highest BCUT2D eigenvalue weighted by Gasteiger charge is 2.51. The van der Waals surface area contributed by atoms with Crippen molar-refractivity contribution in [3.63, 3.8) is 0 Å². The maximum atomic E-state index is 15.0. The average molecular weight is 494 g/mol. The van der Waals surface area contributed by atoms with Gasteiger partial charge in [0.25, 0.3) is 0 Å². The zero-order valence-corrected chi connectivity index (χ0v) is 19.4. The van der Waals surface area contributed by atoms with Crippen LogP contribution in [0, 0.1) is 11.7 Å². The molecule has 1 aliphatic carbocycles. The minimum atomic E-state index is -1.16. The predicted octanol–water partition coefficient (Wildman–Crippen LogP) is 5.38. The Labute approximate surface area is 200 Å². The number of rotatable bonds is 5. The van der Waals surface area contributed by atoms with Crippen molar-refractivity contribution < 1.29 is 13.5 Å². The van der Waals surface area contributed by atoms with E-state index < -0.39 is 17.6 Å². The van der Waals surface area contributed by atoms with Crippen LogP contribution in [0.4, 0.5) is 14.6 Å². The Kier molecular flexibility index (Phi) is 5.71. The Balaban J connectivity index is 1.37. The molecule has 174 valence electrons. The summed E-state index contributed by atoms with van der Waals surface area (Å²) in [5, 5.41) is 7.82. The second-order valence-electron chi connectivity index (χ2n) is 8.79. The van der Waals surface area contributed by atoms with Gasteiger partial charge in [-0.3, -0.25) is 4.68 Å². The summed E-state index contributed by atoms with van der Waals surface area (Å²) >= 11 is 12.3. The Hall–Kier alpha value is -2.42. The van der Waals surface area contributed by atoms with Crippen molar-refractivity contribution in [2.24, 2.45) is 5.92 Å². The molecule has 2 fully saturated rings. The third-order valence-corrected chi connectivity index (χ3v) is 7.37. The van der Waals surface area contributed by atoms with Gasteiger partial charge in [-0.15, -0.1) is 0 Å². The Morgan fingerprint density at radius 2 is 2.12 bits per heavy atom. The van der Waals surface area contributed by atoms with Crippen LogP contribution in [0.1, 0.15) is 37.5 Å². The van der Waals surface area contributed by atoms with Crippen molar-refractivity contribution >= 4 is 29.0 Å². The van der Waals surface area contributed by atoms with E-state index in [1.54, 1.807) is 25.4 Å². The quantitative estimate of drug-likeness (QED) is 0.466. The molecule has 33 heavy (non-hydrogen) atoms. The van der Waals surface area contributed by atoms with Crippen molar-refractivity contribution in [1.29, 1.82) is 0 Å². The number of nitrogen functional groups attached to an aromatic ring is 1. The van der Waals surface area contributed by atoms with Crippen LogP contribution in [0.15, 0.2) is 36.8 Å². The number of aromatic nitrogens is 3. The molecule has 1 saturated heterocycles. The molecule has 6 nitrogen and oxygen atoms in total. The molecule has 2 aliphatic rings. The lowest BCUT2D eigenvalue weighted by Crippen LogP contribution is -2.28. The molecule has 5 rings (SSSR count). The van der Waals surface area contributed by atoms with Crippen molar-refractivity contribution in [3.8, 4) is 16.9 Å². The minimum Gasteiger partial charge on any atom is -0.482 e. The Morgan fingerprint density at radius 3 is 2.91 bits per heavy atom. The fourth-order valence-corrected chi connectivity index (χ4v) is 5.56. The molecule has 4 atom stereocenters. The highest BCUT2D eigenvalue weighted by Crippen LogP contribution is 2.47. The number of anilines is 1. The third-order valence-electron chi connectivity index (χ3n) is 6.65.